The maximum atomic E-state index is 13.0. The van der Waals surface area contributed by atoms with Gasteiger partial charge in [0.15, 0.2) is 0 Å². The molecule has 6 heteroatoms. The second kappa shape index (κ2) is 8.25. The van der Waals surface area contributed by atoms with Gasteiger partial charge in [-0.25, -0.2) is 0 Å². The number of carbonyl (C=O) groups excluding carboxylic acids is 2. The molecular formula is C24H30N2O4. The standard InChI is InChI=1S/C24H30N2O4/c1-4-29-23(28)24(10-5-11-26(15-24)22(27)20-12-17(20)3)14-19-13-21(25-30-19)18-8-6-16(2)7-9-18/h6-9,13,17,20H,4-5,10-12,14-15H2,1-3H3. The van der Waals surface area contributed by atoms with Crippen LogP contribution in [0, 0.1) is 24.2 Å². The Hall–Kier alpha value is -2.63. The van der Waals surface area contributed by atoms with Gasteiger partial charge in [0.05, 0.1) is 12.0 Å². The highest BCUT2D eigenvalue weighted by molar-refractivity contribution is 5.84. The van der Waals surface area contributed by atoms with Gasteiger partial charge in [0, 0.05) is 37.1 Å². The molecule has 3 atom stereocenters. The molecular weight excluding hydrogens is 380 g/mol. The first-order valence-electron chi connectivity index (χ1n) is 10.9. The fourth-order valence-electron chi connectivity index (χ4n) is 4.48. The van der Waals surface area contributed by atoms with Gasteiger partial charge in [0.25, 0.3) is 0 Å². The van der Waals surface area contributed by atoms with Gasteiger partial charge in [-0.15, -0.1) is 0 Å². The largest absolute Gasteiger partial charge is 0.466 e. The number of amides is 1. The minimum Gasteiger partial charge on any atom is -0.466 e. The summed E-state index contributed by atoms with van der Waals surface area (Å²) in [5.74, 6) is 1.13. The number of likely N-dealkylation sites (tertiary alicyclic amines) is 1. The average Bonchev–Trinajstić information content (AvgIpc) is 3.29. The molecule has 1 aliphatic carbocycles. The highest BCUT2D eigenvalue weighted by Crippen LogP contribution is 2.42. The van der Waals surface area contributed by atoms with Crippen LogP contribution in [0.2, 0.25) is 0 Å². The van der Waals surface area contributed by atoms with Crippen LogP contribution >= 0.6 is 0 Å². The summed E-state index contributed by atoms with van der Waals surface area (Å²) in [6.07, 6.45) is 2.79. The number of benzene rings is 1. The molecule has 4 rings (SSSR count). The van der Waals surface area contributed by atoms with Gasteiger partial charge in [-0.2, -0.15) is 0 Å². The van der Waals surface area contributed by atoms with E-state index in [1.165, 1.54) is 5.56 Å². The van der Waals surface area contributed by atoms with E-state index in [1.54, 1.807) is 0 Å². The van der Waals surface area contributed by atoms with Crippen molar-refractivity contribution in [3.63, 3.8) is 0 Å². The zero-order valence-corrected chi connectivity index (χ0v) is 18.0. The summed E-state index contributed by atoms with van der Waals surface area (Å²) in [5, 5.41) is 4.21. The second-order valence-electron chi connectivity index (χ2n) is 8.90. The second-order valence-corrected chi connectivity index (χ2v) is 8.90. The van der Waals surface area contributed by atoms with Crippen LogP contribution in [0.25, 0.3) is 11.3 Å². The molecule has 30 heavy (non-hydrogen) atoms. The van der Waals surface area contributed by atoms with Crippen LogP contribution in [-0.4, -0.2) is 41.6 Å². The van der Waals surface area contributed by atoms with Crippen molar-refractivity contribution >= 4 is 11.9 Å². The fraction of sp³-hybridized carbons (Fsp3) is 0.542. The Kier molecular flexibility index (Phi) is 5.67. The van der Waals surface area contributed by atoms with Crippen LogP contribution in [0.1, 0.15) is 44.4 Å². The SMILES string of the molecule is CCOC(=O)C1(Cc2cc(-c3ccc(C)cc3)no2)CCCN(C(=O)C2CC2C)C1. The van der Waals surface area contributed by atoms with Crippen molar-refractivity contribution in [2.45, 2.75) is 46.5 Å². The third kappa shape index (κ3) is 4.13. The molecule has 1 saturated carbocycles. The molecule has 2 aromatic rings. The molecule has 1 aliphatic heterocycles. The van der Waals surface area contributed by atoms with Gasteiger partial charge in [-0.1, -0.05) is 41.9 Å². The normalized spacial score (nSPS) is 25.8. The minimum absolute atomic E-state index is 0.112. The van der Waals surface area contributed by atoms with Crippen molar-refractivity contribution in [1.82, 2.24) is 10.1 Å². The highest BCUT2D eigenvalue weighted by Gasteiger charge is 2.49. The summed E-state index contributed by atoms with van der Waals surface area (Å²) in [4.78, 5) is 27.7. The van der Waals surface area contributed by atoms with Crippen LogP contribution in [0.4, 0.5) is 0 Å². The summed E-state index contributed by atoms with van der Waals surface area (Å²) in [6, 6.07) is 9.99. The number of rotatable bonds is 6. The number of hydrogen-bond acceptors (Lipinski definition) is 5. The molecule has 2 fully saturated rings. The molecule has 1 amide bonds. The molecule has 1 aromatic heterocycles. The lowest BCUT2D eigenvalue weighted by Crippen LogP contribution is -2.52. The molecule has 0 spiro atoms. The Morgan fingerprint density at radius 3 is 2.70 bits per heavy atom. The van der Waals surface area contributed by atoms with Gasteiger partial charge in [-0.05, 0) is 39.0 Å². The minimum atomic E-state index is -0.786. The van der Waals surface area contributed by atoms with Crippen LogP contribution < -0.4 is 0 Å². The smallest absolute Gasteiger partial charge is 0.314 e. The molecule has 2 heterocycles. The quantitative estimate of drug-likeness (QED) is 0.673. The lowest BCUT2D eigenvalue weighted by Gasteiger charge is -2.40. The Morgan fingerprint density at radius 2 is 2.03 bits per heavy atom. The van der Waals surface area contributed by atoms with E-state index in [0.29, 0.717) is 44.2 Å². The zero-order chi connectivity index (χ0) is 21.3. The molecule has 6 nitrogen and oxygen atoms in total. The molecule has 0 bridgehead atoms. The maximum absolute atomic E-state index is 13.0. The van der Waals surface area contributed by atoms with E-state index in [4.69, 9.17) is 9.26 Å². The van der Waals surface area contributed by atoms with Crippen molar-refractivity contribution < 1.29 is 18.8 Å². The van der Waals surface area contributed by atoms with Crippen LogP contribution in [0.5, 0.6) is 0 Å². The third-order valence-electron chi connectivity index (χ3n) is 6.44. The van der Waals surface area contributed by atoms with Crippen LogP contribution in [0.3, 0.4) is 0 Å². The molecule has 160 valence electrons. The fourth-order valence-corrected chi connectivity index (χ4v) is 4.48. The van der Waals surface area contributed by atoms with Crippen molar-refractivity contribution in [2.75, 3.05) is 19.7 Å². The van der Waals surface area contributed by atoms with Gasteiger partial charge in [0.2, 0.25) is 5.91 Å². The molecule has 1 saturated heterocycles. The highest BCUT2D eigenvalue weighted by atomic mass is 16.5. The van der Waals surface area contributed by atoms with E-state index in [9.17, 15) is 9.59 Å². The summed E-state index contributed by atoms with van der Waals surface area (Å²) in [7, 11) is 0. The number of aromatic nitrogens is 1. The molecule has 3 unspecified atom stereocenters. The van der Waals surface area contributed by atoms with Gasteiger partial charge < -0.3 is 14.2 Å². The topological polar surface area (TPSA) is 72.6 Å². The number of piperidine rings is 1. The van der Waals surface area contributed by atoms with E-state index in [1.807, 2.05) is 49.1 Å². The number of esters is 1. The monoisotopic (exact) mass is 410 g/mol. The van der Waals surface area contributed by atoms with Crippen molar-refractivity contribution in [3.05, 3.63) is 41.7 Å². The van der Waals surface area contributed by atoms with Gasteiger partial charge in [0.1, 0.15) is 11.5 Å². The maximum Gasteiger partial charge on any atom is 0.314 e. The lowest BCUT2D eigenvalue weighted by atomic mass is 9.76. The van der Waals surface area contributed by atoms with Crippen molar-refractivity contribution in [3.8, 4) is 11.3 Å². The van der Waals surface area contributed by atoms with E-state index in [-0.39, 0.29) is 17.8 Å². The van der Waals surface area contributed by atoms with E-state index in [0.717, 1.165) is 24.1 Å². The first-order valence-corrected chi connectivity index (χ1v) is 10.9. The number of aryl methyl sites for hydroxylation is 1. The summed E-state index contributed by atoms with van der Waals surface area (Å²) >= 11 is 0. The van der Waals surface area contributed by atoms with Gasteiger partial charge >= 0.3 is 5.97 Å². The Morgan fingerprint density at radius 1 is 1.30 bits per heavy atom. The summed E-state index contributed by atoms with van der Waals surface area (Å²) in [5.41, 5.74) is 2.12. The van der Waals surface area contributed by atoms with Crippen molar-refractivity contribution in [2.24, 2.45) is 17.3 Å². The Balaban J connectivity index is 1.56. The molecule has 1 aromatic carbocycles. The molecule has 0 N–H and O–H groups in total. The van der Waals surface area contributed by atoms with Crippen molar-refractivity contribution in [1.29, 1.82) is 0 Å². The first kappa shape index (κ1) is 20.6. The number of ether oxygens (including phenoxy) is 1. The van der Waals surface area contributed by atoms with E-state index >= 15 is 0 Å². The van der Waals surface area contributed by atoms with Crippen LogP contribution in [0.15, 0.2) is 34.9 Å². The van der Waals surface area contributed by atoms with Gasteiger partial charge in [-0.3, -0.25) is 9.59 Å². The predicted octanol–water partition coefficient (Wildman–Crippen LogP) is 4.02. The third-order valence-corrected chi connectivity index (χ3v) is 6.44. The Bertz CT molecular complexity index is 920. The Labute approximate surface area is 177 Å². The lowest BCUT2D eigenvalue weighted by molar-refractivity contribution is -0.161. The summed E-state index contributed by atoms with van der Waals surface area (Å²) in [6.45, 7) is 7.36. The molecule has 2 aliphatic rings. The number of hydrogen-bond donors (Lipinski definition) is 0. The predicted molar refractivity (Wildman–Crippen MR) is 113 cm³/mol. The van der Waals surface area contributed by atoms with Crippen LogP contribution in [-0.2, 0) is 20.7 Å². The average molecular weight is 411 g/mol. The van der Waals surface area contributed by atoms with E-state index in [2.05, 4.69) is 12.1 Å². The van der Waals surface area contributed by atoms with E-state index < -0.39 is 5.41 Å². The zero-order valence-electron chi connectivity index (χ0n) is 18.0. The first-order chi connectivity index (χ1) is 14.4. The number of carbonyl (C=O) groups is 2. The summed E-state index contributed by atoms with van der Waals surface area (Å²) < 4.78 is 11.1. The number of nitrogens with zero attached hydrogens (tertiary/aromatic N) is 2. The molecule has 0 radical (unpaired) electrons.